The first-order valence-corrected chi connectivity index (χ1v) is 6.14. The standard InChI is InChI=1S/C12H17N3O4/c1-7-3-4-9(19-7)11(16)14-10(12(17)18)8-5-13-15(2)6-8/h5-7,9-10H,3-4H2,1-2H3,(H,14,16)(H,17,18). The molecule has 2 N–H and O–H groups in total. The first kappa shape index (κ1) is 13.5. The Morgan fingerprint density at radius 1 is 1.58 bits per heavy atom. The number of rotatable bonds is 4. The van der Waals surface area contributed by atoms with Gasteiger partial charge in [0.25, 0.3) is 0 Å². The Labute approximate surface area is 110 Å². The summed E-state index contributed by atoms with van der Waals surface area (Å²) < 4.78 is 6.91. The Hall–Kier alpha value is -1.89. The second-order valence-corrected chi connectivity index (χ2v) is 4.74. The minimum atomic E-state index is -1.12. The molecule has 1 fully saturated rings. The summed E-state index contributed by atoms with van der Waals surface area (Å²) in [5, 5.41) is 15.6. The fourth-order valence-corrected chi connectivity index (χ4v) is 2.11. The number of nitrogens with zero attached hydrogens (tertiary/aromatic N) is 2. The predicted octanol–water partition coefficient (Wildman–Crippen LogP) is 0.230. The lowest BCUT2D eigenvalue weighted by atomic mass is 10.1. The summed E-state index contributed by atoms with van der Waals surface area (Å²) >= 11 is 0. The molecule has 2 heterocycles. The van der Waals surface area contributed by atoms with Crippen LogP contribution >= 0.6 is 0 Å². The van der Waals surface area contributed by atoms with Gasteiger partial charge >= 0.3 is 5.97 Å². The average Bonchev–Trinajstić information content (AvgIpc) is 2.94. The number of hydrogen-bond acceptors (Lipinski definition) is 4. The van der Waals surface area contributed by atoms with E-state index in [1.165, 1.54) is 10.9 Å². The largest absolute Gasteiger partial charge is 0.479 e. The maximum absolute atomic E-state index is 12.0. The van der Waals surface area contributed by atoms with Gasteiger partial charge in [-0.2, -0.15) is 5.10 Å². The highest BCUT2D eigenvalue weighted by Gasteiger charge is 2.32. The van der Waals surface area contributed by atoms with Crippen molar-refractivity contribution in [2.75, 3.05) is 0 Å². The molecule has 1 saturated heterocycles. The molecule has 7 heteroatoms. The molecule has 1 aliphatic rings. The van der Waals surface area contributed by atoms with Crippen LogP contribution in [0.5, 0.6) is 0 Å². The van der Waals surface area contributed by atoms with Gasteiger partial charge in [-0.25, -0.2) is 4.79 Å². The smallest absolute Gasteiger partial charge is 0.331 e. The zero-order valence-corrected chi connectivity index (χ0v) is 10.9. The van der Waals surface area contributed by atoms with Gasteiger partial charge in [-0.1, -0.05) is 0 Å². The van der Waals surface area contributed by atoms with Crippen molar-refractivity contribution in [2.45, 2.75) is 38.0 Å². The molecule has 0 radical (unpaired) electrons. The molecule has 0 spiro atoms. The van der Waals surface area contributed by atoms with Gasteiger partial charge in [0, 0.05) is 18.8 Å². The molecule has 7 nitrogen and oxygen atoms in total. The SMILES string of the molecule is CC1CCC(C(=O)NC(C(=O)O)c2cnn(C)c2)O1. The van der Waals surface area contributed by atoms with Crippen molar-refractivity contribution in [1.82, 2.24) is 15.1 Å². The van der Waals surface area contributed by atoms with E-state index in [9.17, 15) is 14.7 Å². The lowest BCUT2D eigenvalue weighted by Crippen LogP contribution is -2.40. The van der Waals surface area contributed by atoms with Gasteiger partial charge in [-0.3, -0.25) is 9.48 Å². The molecule has 3 unspecified atom stereocenters. The van der Waals surface area contributed by atoms with Crippen LogP contribution in [0.25, 0.3) is 0 Å². The highest BCUT2D eigenvalue weighted by atomic mass is 16.5. The van der Waals surface area contributed by atoms with Crippen LogP contribution in [-0.2, 0) is 21.4 Å². The van der Waals surface area contributed by atoms with Crippen LogP contribution in [-0.4, -0.2) is 39.0 Å². The molecular formula is C12H17N3O4. The summed E-state index contributed by atoms with van der Waals surface area (Å²) in [6.07, 6.45) is 3.90. The van der Waals surface area contributed by atoms with Crippen molar-refractivity contribution < 1.29 is 19.4 Å². The van der Waals surface area contributed by atoms with Gasteiger partial charge in [0.2, 0.25) is 5.91 Å². The summed E-state index contributed by atoms with van der Waals surface area (Å²) in [6.45, 7) is 1.89. The van der Waals surface area contributed by atoms with Gasteiger partial charge in [-0.05, 0) is 19.8 Å². The second kappa shape index (κ2) is 5.40. The minimum absolute atomic E-state index is 0.0393. The van der Waals surface area contributed by atoms with Gasteiger partial charge < -0.3 is 15.2 Å². The van der Waals surface area contributed by atoms with E-state index >= 15 is 0 Å². The van der Waals surface area contributed by atoms with Gasteiger partial charge in [0.05, 0.1) is 12.3 Å². The van der Waals surface area contributed by atoms with E-state index in [1.807, 2.05) is 6.92 Å². The molecule has 104 valence electrons. The quantitative estimate of drug-likeness (QED) is 0.814. The van der Waals surface area contributed by atoms with E-state index in [4.69, 9.17) is 4.74 Å². The summed E-state index contributed by atoms with van der Waals surface area (Å²) in [6, 6.07) is -1.10. The minimum Gasteiger partial charge on any atom is -0.479 e. The zero-order chi connectivity index (χ0) is 14.0. The number of amides is 1. The number of carbonyl (C=O) groups excluding carboxylic acids is 1. The molecule has 0 saturated carbocycles. The molecule has 2 rings (SSSR count). The highest BCUT2D eigenvalue weighted by Crippen LogP contribution is 2.20. The summed E-state index contributed by atoms with van der Waals surface area (Å²) in [5.74, 6) is -1.51. The van der Waals surface area contributed by atoms with E-state index in [0.29, 0.717) is 12.0 Å². The van der Waals surface area contributed by atoms with Crippen molar-refractivity contribution in [3.05, 3.63) is 18.0 Å². The number of aromatic nitrogens is 2. The maximum atomic E-state index is 12.0. The summed E-state index contributed by atoms with van der Waals surface area (Å²) in [4.78, 5) is 23.2. The monoisotopic (exact) mass is 267 g/mol. The van der Waals surface area contributed by atoms with Gasteiger partial charge in [-0.15, -0.1) is 0 Å². The normalized spacial score (nSPS) is 24.1. The van der Waals surface area contributed by atoms with Crippen LogP contribution in [0.3, 0.4) is 0 Å². The Kier molecular flexibility index (Phi) is 3.84. The third kappa shape index (κ3) is 3.11. The third-order valence-corrected chi connectivity index (χ3v) is 3.12. The van der Waals surface area contributed by atoms with Gasteiger partial charge in [0.1, 0.15) is 6.10 Å². The van der Waals surface area contributed by atoms with Crippen LogP contribution in [0.1, 0.15) is 31.4 Å². The lowest BCUT2D eigenvalue weighted by molar-refractivity contribution is -0.144. The first-order chi connectivity index (χ1) is 8.97. The second-order valence-electron chi connectivity index (χ2n) is 4.74. The van der Waals surface area contributed by atoms with Crippen LogP contribution in [0.4, 0.5) is 0 Å². The Morgan fingerprint density at radius 2 is 2.32 bits per heavy atom. The Morgan fingerprint density at radius 3 is 2.79 bits per heavy atom. The van der Waals surface area contributed by atoms with E-state index in [1.54, 1.807) is 13.2 Å². The number of carbonyl (C=O) groups is 2. The highest BCUT2D eigenvalue weighted by molar-refractivity contribution is 5.87. The van der Waals surface area contributed by atoms with Crippen molar-refractivity contribution in [2.24, 2.45) is 7.05 Å². The molecule has 19 heavy (non-hydrogen) atoms. The molecule has 1 aromatic heterocycles. The number of ether oxygens (including phenoxy) is 1. The lowest BCUT2D eigenvalue weighted by Gasteiger charge is -2.16. The number of carboxylic acids is 1. The molecule has 1 amide bonds. The fourth-order valence-electron chi connectivity index (χ4n) is 2.11. The topological polar surface area (TPSA) is 93.5 Å². The van der Waals surface area contributed by atoms with E-state index in [0.717, 1.165) is 6.42 Å². The molecular weight excluding hydrogens is 250 g/mol. The predicted molar refractivity (Wildman–Crippen MR) is 65.3 cm³/mol. The number of nitrogens with one attached hydrogen (secondary N) is 1. The van der Waals surface area contributed by atoms with Crippen molar-refractivity contribution in [3.8, 4) is 0 Å². The van der Waals surface area contributed by atoms with Crippen LogP contribution in [0.15, 0.2) is 12.4 Å². The molecule has 1 aromatic rings. The summed E-state index contributed by atoms with van der Waals surface area (Å²) in [5.41, 5.74) is 0.439. The van der Waals surface area contributed by atoms with Crippen molar-refractivity contribution >= 4 is 11.9 Å². The van der Waals surface area contributed by atoms with Crippen molar-refractivity contribution in [3.63, 3.8) is 0 Å². The number of aliphatic carboxylic acids is 1. The van der Waals surface area contributed by atoms with E-state index in [2.05, 4.69) is 10.4 Å². The molecule has 3 atom stereocenters. The summed E-state index contributed by atoms with van der Waals surface area (Å²) in [7, 11) is 1.69. The van der Waals surface area contributed by atoms with E-state index in [-0.39, 0.29) is 12.0 Å². The van der Waals surface area contributed by atoms with Gasteiger partial charge in [0.15, 0.2) is 6.04 Å². The molecule has 0 bridgehead atoms. The Balaban J connectivity index is 2.05. The average molecular weight is 267 g/mol. The molecule has 0 aromatic carbocycles. The third-order valence-electron chi connectivity index (χ3n) is 3.12. The van der Waals surface area contributed by atoms with Crippen LogP contribution in [0, 0.1) is 0 Å². The van der Waals surface area contributed by atoms with Crippen LogP contribution in [0.2, 0.25) is 0 Å². The van der Waals surface area contributed by atoms with Crippen LogP contribution < -0.4 is 5.32 Å². The molecule has 0 aliphatic carbocycles. The Bertz CT molecular complexity index is 485. The maximum Gasteiger partial charge on any atom is 0.331 e. The van der Waals surface area contributed by atoms with E-state index < -0.39 is 18.1 Å². The number of hydrogen-bond donors (Lipinski definition) is 2. The number of carboxylic acid groups (broad SMARTS) is 1. The molecule has 1 aliphatic heterocycles. The first-order valence-electron chi connectivity index (χ1n) is 6.14. The number of aryl methyl sites for hydroxylation is 1. The van der Waals surface area contributed by atoms with Crippen molar-refractivity contribution in [1.29, 1.82) is 0 Å². The zero-order valence-electron chi connectivity index (χ0n) is 10.9. The fraction of sp³-hybridized carbons (Fsp3) is 0.583.